The molecule has 3 aromatic carbocycles. The van der Waals surface area contributed by atoms with Crippen molar-refractivity contribution in [3.63, 3.8) is 0 Å². The SMILES string of the molecule is Cc1cc(NC(CC=CC(=O)c2c(O)c3ccccc3n(C)c2=O)c2ccccc2)ccc1O. The van der Waals surface area contributed by atoms with Crippen molar-refractivity contribution in [2.75, 3.05) is 5.32 Å². The van der Waals surface area contributed by atoms with Gasteiger partial charge in [0.05, 0.1) is 11.6 Å². The quantitative estimate of drug-likeness (QED) is 0.202. The predicted octanol–water partition coefficient (Wildman–Crippen LogP) is 5.24. The van der Waals surface area contributed by atoms with Gasteiger partial charge in [0.15, 0.2) is 5.78 Å². The lowest BCUT2D eigenvalue weighted by molar-refractivity contribution is 0.104. The third kappa shape index (κ3) is 4.57. The van der Waals surface area contributed by atoms with Crippen LogP contribution in [-0.4, -0.2) is 20.6 Å². The molecule has 1 atom stereocenters. The largest absolute Gasteiger partial charge is 0.508 e. The Balaban J connectivity index is 1.61. The number of allylic oxidation sites excluding steroid dienone is 1. The molecule has 0 aliphatic carbocycles. The van der Waals surface area contributed by atoms with Gasteiger partial charge in [-0.15, -0.1) is 0 Å². The lowest BCUT2D eigenvalue weighted by Gasteiger charge is -2.19. The Morgan fingerprint density at radius 1 is 1.03 bits per heavy atom. The minimum absolute atomic E-state index is 0.151. The molecule has 0 spiro atoms. The van der Waals surface area contributed by atoms with Gasteiger partial charge in [0.25, 0.3) is 5.56 Å². The summed E-state index contributed by atoms with van der Waals surface area (Å²) < 4.78 is 1.37. The van der Waals surface area contributed by atoms with Crippen molar-refractivity contribution in [1.82, 2.24) is 4.57 Å². The number of benzene rings is 3. The fourth-order valence-electron chi connectivity index (χ4n) is 4.01. The molecule has 0 amide bonds. The van der Waals surface area contributed by atoms with Crippen molar-refractivity contribution in [3.8, 4) is 11.5 Å². The van der Waals surface area contributed by atoms with E-state index in [1.54, 1.807) is 49.5 Å². The molecule has 3 N–H and O–H groups in total. The highest BCUT2D eigenvalue weighted by molar-refractivity contribution is 6.09. The fourth-order valence-corrected chi connectivity index (χ4v) is 4.01. The maximum atomic E-state index is 12.9. The Labute approximate surface area is 197 Å². The average Bonchev–Trinajstić information content (AvgIpc) is 2.85. The number of hydrogen-bond acceptors (Lipinski definition) is 5. The van der Waals surface area contributed by atoms with Crippen LogP contribution in [0.2, 0.25) is 0 Å². The number of ketones is 1. The van der Waals surface area contributed by atoms with Crippen LogP contribution in [0.1, 0.15) is 33.9 Å². The number of rotatable bonds is 7. The van der Waals surface area contributed by atoms with E-state index in [0.29, 0.717) is 17.3 Å². The van der Waals surface area contributed by atoms with E-state index < -0.39 is 11.3 Å². The molecule has 4 aromatic rings. The molecule has 34 heavy (non-hydrogen) atoms. The lowest BCUT2D eigenvalue weighted by atomic mass is 10.0. The van der Waals surface area contributed by atoms with Crippen LogP contribution >= 0.6 is 0 Å². The molecule has 0 aliphatic rings. The number of pyridine rings is 1. The van der Waals surface area contributed by atoms with Crippen molar-refractivity contribution in [3.05, 3.63) is 112 Å². The first-order valence-electron chi connectivity index (χ1n) is 11.0. The minimum Gasteiger partial charge on any atom is -0.508 e. The highest BCUT2D eigenvalue weighted by Gasteiger charge is 2.19. The molecule has 6 heteroatoms. The van der Waals surface area contributed by atoms with Gasteiger partial charge in [-0.2, -0.15) is 0 Å². The zero-order chi connectivity index (χ0) is 24.2. The number of nitrogens with one attached hydrogen (secondary N) is 1. The molecule has 0 saturated heterocycles. The first-order valence-corrected chi connectivity index (χ1v) is 11.0. The molecule has 0 saturated carbocycles. The highest BCUT2D eigenvalue weighted by Crippen LogP contribution is 2.28. The highest BCUT2D eigenvalue weighted by atomic mass is 16.3. The van der Waals surface area contributed by atoms with E-state index in [-0.39, 0.29) is 23.1 Å². The third-order valence-corrected chi connectivity index (χ3v) is 5.90. The molecule has 0 fully saturated rings. The number of hydrogen-bond donors (Lipinski definition) is 3. The number of phenols is 1. The molecular formula is C28H26N2O4. The number of aromatic nitrogens is 1. The maximum absolute atomic E-state index is 12.9. The second kappa shape index (κ2) is 9.67. The number of nitrogens with zero attached hydrogens (tertiary/aromatic N) is 1. The van der Waals surface area contributed by atoms with E-state index in [4.69, 9.17) is 0 Å². The molecule has 0 radical (unpaired) electrons. The lowest BCUT2D eigenvalue weighted by Crippen LogP contribution is -2.24. The van der Waals surface area contributed by atoms with Crippen LogP contribution in [-0.2, 0) is 7.05 Å². The molecular weight excluding hydrogens is 428 g/mol. The van der Waals surface area contributed by atoms with Crippen molar-refractivity contribution in [2.45, 2.75) is 19.4 Å². The van der Waals surface area contributed by atoms with Gasteiger partial charge in [-0.05, 0) is 60.9 Å². The Bertz CT molecular complexity index is 1440. The Hall–Kier alpha value is -4.32. The molecule has 6 nitrogen and oxygen atoms in total. The van der Waals surface area contributed by atoms with Gasteiger partial charge >= 0.3 is 0 Å². The van der Waals surface area contributed by atoms with E-state index >= 15 is 0 Å². The van der Waals surface area contributed by atoms with Crippen molar-refractivity contribution >= 4 is 22.4 Å². The topological polar surface area (TPSA) is 91.6 Å². The zero-order valence-electron chi connectivity index (χ0n) is 19.0. The number of fused-ring (bicyclic) bond motifs is 1. The summed E-state index contributed by atoms with van der Waals surface area (Å²) in [4.78, 5) is 25.7. The second-order valence-corrected chi connectivity index (χ2v) is 8.22. The molecule has 172 valence electrons. The van der Waals surface area contributed by atoms with Gasteiger partial charge in [0.2, 0.25) is 0 Å². The summed E-state index contributed by atoms with van der Waals surface area (Å²) >= 11 is 0. The summed E-state index contributed by atoms with van der Waals surface area (Å²) in [6.07, 6.45) is 3.50. The first-order chi connectivity index (χ1) is 16.4. The van der Waals surface area contributed by atoms with Crippen molar-refractivity contribution in [2.24, 2.45) is 7.05 Å². The van der Waals surface area contributed by atoms with Gasteiger partial charge in [0.1, 0.15) is 17.1 Å². The molecule has 1 unspecified atom stereocenters. The van der Waals surface area contributed by atoms with Crippen LogP contribution in [0.4, 0.5) is 5.69 Å². The number of aryl methyl sites for hydroxylation is 2. The summed E-state index contributed by atoms with van der Waals surface area (Å²) in [5, 5.41) is 24.4. The van der Waals surface area contributed by atoms with E-state index in [0.717, 1.165) is 16.8 Å². The fraction of sp³-hybridized carbons (Fsp3) is 0.143. The van der Waals surface area contributed by atoms with Crippen molar-refractivity contribution < 1.29 is 15.0 Å². The van der Waals surface area contributed by atoms with E-state index in [9.17, 15) is 19.8 Å². The standard InChI is InChI=1S/C28H26N2O4/c1-18-17-20(15-16-24(18)31)29-22(19-9-4-3-5-10-19)12-8-14-25(32)26-27(33)21-11-6-7-13-23(21)30(2)28(26)34/h3-11,13-17,22,29,31,33H,12H2,1-2H3. The zero-order valence-corrected chi connectivity index (χ0v) is 19.0. The number of carbonyl (C=O) groups is 1. The Morgan fingerprint density at radius 2 is 1.74 bits per heavy atom. The molecule has 1 aromatic heterocycles. The van der Waals surface area contributed by atoms with Gasteiger partial charge in [-0.25, -0.2) is 0 Å². The minimum atomic E-state index is -0.545. The third-order valence-electron chi connectivity index (χ3n) is 5.90. The summed E-state index contributed by atoms with van der Waals surface area (Å²) in [5.74, 6) is -0.620. The maximum Gasteiger partial charge on any atom is 0.265 e. The van der Waals surface area contributed by atoms with Crippen LogP contribution in [0.5, 0.6) is 11.5 Å². The average molecular weight is 455 g/mol. The van der Waals surface area contributed by atoms with Crippen LogP contribution in [0, 0.1) is 6.92 Å². The number of phenolic OH excluding ortho intramolecular Hbond substituents is 1. The summed E-state index contributed by atoms with van der Waals surface area (Å²) in [5.41, 5.74) is 2.40. The van der Waals surface area contributed by atoms with Crippen LogP contribution in [0.15, 0.2) is 89.7 Å². The summed E-state index contributed by atoms with van der Waals surface area (Å²) in [6.45, 7) is 1.83. The van der Waals surface area contributed by atoms with Gasteiger partial charge in [-0.1, -0.05) is 48.5 Å². The first kappa shape index (κ1) is 22.9. The van der Waals surface area contributed by atoms with E-state index in [2.05, 4.69) is 5.32 Å². The van der Waals surface area contributed by atoms with Crippen LogP contribution < -0.4 is 10.9 Å². The Kier molecular flexibility index (Phi) is 6.50. The van der Waals surface area contributed by atoms with Crippen LogP contribution in [0.3, 0.4) is 0 Å². The molecule has 1 heterocycles. The number of anilines is 1. The van der Waals surface area contributed by atoms with Gasteiger partial charge in [-0.3, -0.25) is 9.59 Å². The van der Waals surface area contributed by atoms with Gasteiger partial charge < -0.3 is 20.1 Å². The monoisotopic (exact) mass is 454 g/mol. The van der Waals surface area contributed by atoms with Crippen molar-refractivity contribution in [1.29, 1.82) is 0 Å². The van der Waals surface area contributed by atoms with E-state index in [1.807, 2.05) is 43.3 Å². The molecule has 0 aliphatic heterocycles. The van der Waals surface area contributed by atoms with E-state index in [1.165, 1.54) is 10.6 Å². The predicted molar refractivity (Wildman–Crippen MR) is 135 cm³/mol. The molecule has 4 rings (SSSR count). The number of para-hydroxylation sites is 1. The summed E-state index contributed by atoms with van der Waals surface area (Å²) in [7, 11) is 1.58. The van der Waals surface area contributed by atoms with Crippen LogP contribution in [0.25, 0.3) is 10.9 Å². The number of aromatic hydroxyl groups is 2. The smallest absolute Gasteiger partial charge is 0.265 e. The summed E-state index contributed by atoms with van der Waals surface area (Å²) in [6, 6.07) is 21.9. The second-order valence-electron chi connectivity index (χ2n) is 8.22. The van der Waals surface area contributed by atoms with Gasteiger partial charge in [0, 0.05) is 18.1 Å². The number of carbonyl (C=O) groups excluding carboxylic acids is 1. The Morgan fingerprint density at radius 3 is 2.47 bits per heavy atom. The normalized spacial score (nSPS) is 12.2. The molecule has 0 bridgehead atoms.